The highest BCUT2D eigenvalue weighted by atomic mass is 35.5. The number of pyridine rings is 1. The molecule has 3 aliphatic rings. The van der Waals surface area contributed by atoms with Crippen LogP contribution in [0.1, 0.15) is 73.1 Å². The quantitative estimate of drug-likeness (QED) is 0.262. The molecule has 1 aromatic carbocycles. The highest BCUT2D eigenvalue weighted by molar-refractivity contribution is 6.33. The van der Waals surface area contributed by atoms with Gasteiger partial charge in [-0.15, -0.1) is 5.10 Å². The smallest absolute Gasteiger partial charge is 0.416 e. The summed E-state index contributed by atoms with van der Waals surface area (Å²) in [7, 11) is 0. The molecule has 1 aliphatic carbocycles. The summed E-state index contributed by atoms with van der Waals surface area (Å²) in [5.41, 5.74) is 0.272. The number of benzene rings is 1. The van der Waals surface area contributed by atoms with Crippen molar-refractivity contribution in [1.29, 1.82) is 0 Å². The minimum absolute atomic E-state index is 0.0114. The van der Waals surface area contributed by atoms with Crippen molar-refractivity contribution in [3.8, 4) is 5.75 Å². The van der Waals surface area contributed by atoms with Gasteiger partial charge in [0.2, 0.25) is 11.7 Å². The van der Waals surface area contributed by atoms with Crippen molar-refractivity contribution in [2.45, 2.75) is 62.9 Å². The Morgan fingerprint density at radius 2 is 2.02 bits per heavy atom. The number of carbonyl (C=O) groups is 1. The largest absolute Gasteiger partial charge is 0.506 e. The van der Waals surface area contributed by atoms with Crippen LogP contribution in [0.3, 0.4) is 0 Å². The van der Waals surface area contributed by atoms with Gasteiger partial charge in [0.1, 0.15) is 18.0 Å². The Morgan fingerprint density at radius 3 is 2.69 bits per heavy atom. The predicted molar refractivity (Wildman–Crippen MR) is 172 cm³/mol. The number of fused-ring (bicyclic) bond motifs is 3. The molecule has 49 heavy (non-hydrogen) atoms. The van der Waals surface area contributed by atoms with E-state index in [1.165, 1.54) is 16.8 Å². The molecule has 16 heteroatoms. The zero-order valence-electron chi connectivity index (χ0n) is 26.4. The second-order valence-electron chi connectivity index (χ2n) is 12.8. The molecule has 2 atom stereocenters. The van der Waals surface area contributed by atoms with Crippen LogP contribution in [0.15, 0.2) is 47.4 Å². The van der Waals surface area contributed by atoms with Crippen molar-refractivity contribution in [3.05, 3.63) is 86.3 Å². The van der Waals surface area contributed by atoms with Crippen molar-refractivity contribution in [3.63, 3.8) is 0 Å². The third-order valence-corrected chi connectivity index (χ3v) is 10.1. The highest BCUT2D eigenvalue weighted by Crippen LogP contribution is 2.51. The fourth-order valence-electron chi connectivity index (χ4n) is 7.45. The summed E-state index contributed by atoms with van der Waals surface area (Å²) in [6.07, 6.45) is -0.225. The Bertz CT molecular complexity index is 2040. The van der Waals surface area contributed by atoms with Crippen LogP contribution >= 0.6 is 11.6 Å². The molecule has 7 rings (SSSR count). The zero-order chi connectivity index (χ0) is 34.7. The number of aromatic hydroxyl groups is 1. The van der Waals surface area contributed by atoms with E-state index in [2.05, 4.69) is 15.4 Å². The summed E-state index contributed by atoms with van der Waals surface area (Å²) < 4.78 is 48.0. The van der Waals surface area contributed by atoms with Gasteiger partial charge in [-0.05, 0) is 67.5 Å². The Hall–Kier alpha value is -4.31. The van der Waals surface area contributed by atoms with Gasteiger partial charge in [-0.1, -0.05) is 24.6 Å². The van der Waals surface area contributed by atoms with E-state index < -0.39 is 29.3 Å². The third-order valence-electron chi connectivity index (χ3n) is 9.76. The molecule has 0 radical (unpaired) electrons. The van der Waals surface area contributed by atoms with Crippen molar-refractivity contribution in [1.82, 2.24) is 29.0 Å². The molecule has 1 amide bonds. The number of likely N-dealkylation sites (tertiary alicyclic amines) is 1. The summed E-state index contributed by atoms with van der Waals surface area (Å²) in [6.45, 7) is 3.33. The maximum absolute atomic E-state index is 14.4. The summed E-state index contributed by atoms with van der Waals surface area (Å²) >= 11 is 6.14. The van der Waals surface area contributed by atoms with Crippen LogP contribution in [0.5, 0.6) is 5.75 Å². The van der Waals surface area contributed by atoms with Crippen molar-refractivity contribution < 1.29 is 32.9 Å². The number of rotatable bonds is 6. The van der Waals surface area contributed by atoms with E-state index >= 15 is 0 Å². The number of amides is 1. The second-order valence-corrected chi connectivity index (χ2v) is 13.2. The number of halogens is 4. The summed E-state index contributed by atoms with van der Waals surface area (Å²) in [6, 6.07) is 5.73. The molecule has 5 heterocycles. The number of aliphatic hydroxyl groups is 1. The number of alkyl halides is 3. The number of aliphatic hydroxyl groups excluding tert-OH is 1. The molecule has 1 saturated heterocycles. The van der Waals surface area contributed by atoms with E-state index in [1.54, 1.807) is 15.5 Å². The van der Waals surface area contributed by atoms with Gasteiger partial charge in [0, 0.05) is 36.0 Å². The summed E-state index contributed by atoms with van der Waals surface area (Å²) in [5.74, 6) is -0.349. The fourth-order valence-corrected chi connectivity index (χ4v) is 7.68. The van der Waals surface area contributed by atoms with Crippen LogP contribution in [0.25, 0.3) is 11.4 Å². The molecular formula is C33H33ClF3N7O5. The first kappa shape index (κ1) is 33.2. The number of nitrogens with zero attached hydrogens (tertiary/aromatic N) is 6. The second kappa shape index (κ2) is 12.5. The lowest BCUT2D eigenvalue weighted by atomic mass is 9.73. The lowest BCUT2D eigenvalue weighted by Crippen LogP contribution is -2.46. The van der Waals surface area contributed by atoms with E-state index in [0.717, 1.165) is 23.8 Å². The fraction of sp³-hybridized carbons (Fsp3) is 0.424. The van der Waals surface area contributed by atoms with E-state index in [4.69, 9.17) is 21.3 Å². The number of carbonyl (C=O) groups excluding carboxylic acids is 1. The van der Waals surface area contributed by atoms with Crippen molar-refractivity contribution in [2.75, 3.05) is 31.6 Å². The average Bonchev–Trinajstić information content (AvgIpc) is 3.64. The summed E-state index contributed by atoms with van der Waals surface area (Å²) in [5, 5.41) is 28.3. The highest BCUT2D eigenvalue weighted by Gasteiger charge is 2.49. The molecule has 3 N–H and O–H groups in total. The Balaban J connectivity index is 1.26. The van der Waals surface area contributed by atoms with Crippen LogP contribution < -0.4 is 10.9 Å². The Labute approximate surface area is 282 Å². The maximum atomic E-state index is 14.4. The van der Waals surface area contributed by atoms with Crippen LogP contribution in [-0.2, 0) is 27.7 Å². The van der Waals surface area contributed by atoms with Crippen LogP contribution in [0.4, 0.5) is 18.9 Å². The van der Waals surface area contributed by atoms with E-state index in [9.17, 15) is 33.0 Å². The number of piperidine rings is 1. The summed E-state index contributed by atoms with van der Waals surface area (Å²) in [4.78, 5) is 38.6. The molecule has 1 fully saturated rings. The topological polar surface area (TPSA) is 147 Å². The lowest BCUT2D eigenvalue weighted by Gasteiger charge is -2.41. The van der Waals surface area contributed by atoms with E-state index in [-0.39, 0.29) is 46.0 Å². The standard InChI is InChI=1S/C33H33ClF3N7O5/c1-18-16-32(8-11-42(12-9-32)30(48)26-23(45)3-2-10-38-26)25-27(18)43(17-24(46)39-22-5-4-20(15-21(22)34)33(35,36)37)31-40-28(41-44(31)29(25)47)19-6-13-49-14-7-19/h2-6,10,15,18,30,45,48H,7-9,11-14,16-17H2,1H3,(H,39,46). The average molecular weight is 700 g/mol. The molecule has 4 aromatic rings. The van der Waals surface area contributed by atoms with E-state index in [1.807, 2.05) is 13.0 Å². The van der Waals surface area contributed by atoms with Gasteiger partial charge >= 0.3 is 6.18 Å². The molecule has 0 bridgehead atoms. The van der Waals surface area contributed by atoms with Gasteiger partial charge in [0.15, 0.2) is 12.1 Å². The minimum Gasteiger partial charge on any atom is -0.506 e. The molecule has 12 nitrogen and oxygen atoms in total. The van der Waals surface area contributed by atoms with Crippen LogP contribution in [-0.4, -0.2) is 71.5 Å². The number of ether oxygens (including phenoxy) is 1. The van der Waals surface area contributed by atoms with Gasteiger partial charge < -0.3 is 24.8 Å². The number of hydrogen-bond acceptors (Lipinski definition) is 9. The SMILES string of the molecule is CC1CC2(CCN(C(O)c3ncccc3O)CC2)c2c1n(CC(=O)Nc1ccc(C(F)(F)F)cc1Cl)c1nc(C3=CCOCC3)nn1c2=O. The molecule has 2 aliphatic heterocycles. The van der Waals surface area contributed by atoms with Crippen LogP contribution in [0, 0.1) is 0 Å². The van der Waals surface area contributed by atoms with Crippen LogP contribution in [0.2, 0.25) is 5.02 Å². The minimum atomic E-state index is -4.60. The van der Waals surface area contributed by atoms with Crippen molar-refractivity contribution in [2.24, 2.45) is 0 Å². The molecule has 1 spiro atoms. The van der Waals surface area contributed by atoms with Gasteiger partial charge in [-0.25, -0.2) is 0 Å². The molecule has 0 saturated carbocycles. The van der Waals surface area contributed by atoms with Gasteiger partial charge in [-0.3, -0.25) is 19.5 Å². The third kappa shape index (κ3) is 5.98. The normalized spacial score (nSPS) is 20.0. The first-order chi connectivity index (χ1) is 23.4. The maximum Gasteiger partial charge on any atom is 0.416 e. The molecule has 2 unspecified atom stereocenters. The zero-order valence-corrected chi connectivity index (χ0v) is 27.1. The molecule has 258 valence electrons. The number of nitrogens with one attached hydrogen (secondary N) is 1. The first-order valence-corrected chi connectivity index (χ1v) is 16.3. The Kier molecular flexibility index (Phi) is 8.49. The molecular weight excluding hydrogens is 667 g/mol. The van der Waals surface area contributed by atoms with Gasteiger partial charge in [0.25, 0.3) is 5.56 Å². The number of hydrogen-bond donors (Lipinski definition) is 3. The lowest BCUT2D eigenvalue weighted by molar-refractivity contribution is -0.137. The van der Waals surface area contributed by atoms with Crippen molar-refractivity contribution >= 4 is 34.5 Å². The van der Waals surface area contributed by atoms with Gasteiger partial charge in [0.05, 0.1) is 29.5 Å². The monoisotopic (exact) mass is 699 g/mol. The first-order valence-electron chi connectivity index (χ1n) is 15.9. The van der Waals surface area contributed by atoms with Gasteiger partial charge in [-0.2, -0.15) is 22.7 Å². The number of anilines is 1. The Morgan fingerprint density at radius 1 is 1.24 bits per heavy atom. The number of aromatic nitrogens is 5. The molecule has 3 aromatic heterocycles. The van der Waals surface area contributed by atoms with E-state index in [0.29, 0.717) is 69.1 Å². The predicted octanol–water partition coefficient (Wildman–Crippen LogP) is 4.64.